The Morgan fingerprint density at radius 3 is 2.46 bits per heavy atom. The van der Waals surface area contributed by atoms with Gasteiger partial charge >= 0.3 is 0 Å². The van der Waals surface area contributed by atoms with Gasteiger partial charge in [-0.25, -0.2) is 4.68 Å². The van der Waals surface area contributed by atoms with Gasteiger partial charge in [0.05, 0.1) is 12.6 Å². The molecule has 1 unspecified atom stereocenters. The number of hydrogen-bond acceptors (Lipinski definition) is 4. The lowest BCUT2D eigenvalue weighted by Crippen LogP contribution is -2.34. The molecular formula is C22H20N4O2. The largest absolute Gasteiger partial charge is 0.497 e. The Morgan fingerprint density at radius 2 is 1.71 bits per heavy atom. The zero-order valence-electron chi connectivity index (χ0n) is 15.4. The summed E-state index contributed by atoms with van der Waals surface area (Å²) < 4.78 is 6.93. The lowest BCUT2D eigenvalue weighted by atomic mass is 10.1. The predicted octanol–water partition coefficient (Wildman–Crippen LogP) is 3.61. The predicted molar refractivity (Wildman–Crippen MR) is 107 cm³/mol. The van der Waals surface area contributed by atoms with Gasteiger partial charge in [-0.15, -0.1) is 5.10 Å². The molecule has 1 N–H and O–H groups in total. The van der Waals surface area contributed by atoms with E-state index in [1.54, 1.807) is 36.1 Å². The fraction of sp³-hybridized carbons (Fsp3) is 0.136. The molecule has 0 aliphatic carbocycles. The maximum absolute atomic E-state index is 12.9. The Hall–Kier alpha value is -3.67. The maximum atomic E-state index is 12.9. The average Bonchev–Trinajstić information content (AvgIpc) is 3.18. The van der Waals surface area contributed by atoms with Crippen LogP contribution in [0.4, 0.5) is 0 Å². The van der Waals surface area contributed by atoms with Crippen LogP contribution < -0.4 is 10.1 Å². The van der Waals surface area contributed by atoms with Crippen molar-refractivity contribution in [3.05, 3.63) is 90.0 Å². The zero-order valence-corrected chi connectivity index (χ0v) is 15.4. The van der Waals surface area contributed by atoms with Crippen molar-refractivity contribution >= 4 is 16.9 Å². The molecule has 0 radical (unpaired) electrons. The average molecular weight is 372 g/mol. The summed E-state index contributed by atoms with van der Waals surface area (Å²) in [5.41, 5.74) is 3.32. The SMILES string of the molecule is COc1ccc(C(=O)NC(Cc2ccccc2)n2nnc3ccccc32)cc1. The molecule has 0 fully saturated rings. The minimum absolute atomic E-state index is 0.178. The van der Waals surface area contributed by atoms with E-state index in [0.29, 0.717) is 17.7 Å². The molecule has 1 aromatic heterocycles. The Balaban J connectivity index is 1.65. The Bertz CT molecular complexity index is 1070. The van der Waals surface area contributed by atoms with E-state index >= 15 is 0 Å². The molecule has 0 saturated heterocycles. The minimum Gasteiger partial charge on any atom is -0.497 e. The van der Waals surface area contributed by atoms with Gasteiger partial charge in [0.15, 0.2) is 0 Å². The number of nitrogens with one attached hydrogen (secondary N) is 1. The van der Waals surface area contributed by atoms with E-state index in [2.05, 4.69) is 15.6 Å². The third kappa shape index (κ3) is 3.71. The highest BCUT2D eigenvalue weighted by atomic mass is 16.5. The number of carbonyl (C=O) groups excluding carboxylic acids is 1. The summed E-state index contributed by atoms with van der Waals surface area (Å²) in [6.45, 7) is 0. The Morgan fingerprint density at radius 1 is 1.00 bits per heavy atom. The number of aromatic nitrogens is 3. The molecule has 1 heterocycles. The second-order valence-electron chi connectivity index (χ2n) is 6.43. The van der Waals surface area contributed by atoms with Gasteiger partial charge in [0, 0.05) is 12.0 Å². The van der Waals surface area contributed by atoms with Crippen LogP contribution >= 0.6 is 0 Å². The molecule has 0 bridgehead atoms. The highest BCUT2D eigenvalue weighted by Crippen LogP contribution is 2.19. The molecule has 0 spiro atoms. The topological polar surface area (TPSA) is 69.0 Å². The van der Waals surface area contributed by atoms with Crippen LogP contribution in [0.2, 0.25) is 0 Å². The molecule has 6 heteroatoms. The molecule has 3 aromatic carbocycles. The van der Waals surface area contributed by atoms with Crippen molar-refractivity contribution in [3.8, 4) is 5.75 Å². The summed E-state index contributed by atoms with van der Waals surface area (Å²) in [5.74, 6) is 0.530. The number of nitrogens with zero attached hydrogens (tertiary/aromatic N) is 3. The zero-order chi connectivity index (χ0) is 19.3. The maximum Gasteiger partial charge on any atom is 0.252 e. The number of methoxy groups -OCH3 is 1. The van der Waals surface area contributed by atoms with Crippen molar-refractivity contribution in [2.45, 2.75) is 12.6 Å². The lowest BCUT2D eigenvalue weighted by Gasteiger charge is -2.20. The second-order valence-corrected chi connectivity index (χ2v) is 6.43. The van der Waals surface area contributed by atoms with Crippen molar-refractivity contribution in [1.29, 1.82) is 0 Å². The molecule has 0 aliphatic heterocycles. The van der Waals surface area contributed by atoms with Gasteiger partial charge in [-0.05, 0) is 42.0 Å². The van der Waals surface area contributed by atoms with Crippen molar-refractivity contribution in [3.63, 3.8) is 0 Å². The molecule has 140 valence electrons. The fourth-order valence-electron chi connectivity index (χ4n) is 3.13. The van der Waals surface area contributed by atoms with Crippen LogP contribution in [0.5, 0.6) is 5.75 Å². The number of rotatable bonds is 6. The summed E-state index contributed by atoms with van der Waals surface area (Å²) in [4.78, 5) is 12.9. The summed E-state index contributed by atoms with van der Waals surface area (Å²) in [6, 6.07) is 24.7. The summed E-state index contributed by atoms with van der Waals surface area (Å²) in [6.07, 6.45) is 0.222. The lowest BCUT2D eigenvalue weighted by molar-refractivity contribution is 0.0916. The molecule has 4 rings (SSSR count). The van der Waals surface area contributed by atoms with Crippen LogP contribution in [0.3, 0.4) is 0 Å². The highest BCUT2D eigenvalue weighted by Gasteiger charge is 2.19. The van der Waals surface area contributed by atoms with E-state index in [-0.39, 0.29) is 12.1 Å². The van der Waals surface area contributed by atoms with Crippen LogP contribution in [0.1, 0.15) is 22.1 Å². The van der Waals surface area contributed by atoms with Gasteiger partial charge in [0.2, 0.25) is 0 Å². The molecule has 4 aromatic rings. The van der Waals surface area contributed by atoms with Gasteiger partial charge in [0.1, 0.15) is 17.4 Å². The first-order chi connectivity index (χ1) is 13.7. The fourth-order valence-corrected chi connectivity index (χ4v) is 3.13. The third-order valence-corrected chi connectivity index (χ3v) is 4.59. The van der Waals surface area contributed by atoms with Crippen LogP contribution in [-0.2, 0) is 6.42 Å². The number of hydrogen-bond donors (Lipinski definition) is 1. The molecule has 0 aliphatic rings. The highest BCUT2D eigenvalue weighted by molar-refractivity contribution is 5.94. The van der Waals surface area contributed by atoms with Crippen molar-refractivity contribution in [2.24, 2.45) is 0 Å². The van der Waals surface area contributed by atoms with Crippen molar-refractivity contribution in [1.82, 2.24) is 20.3 Å². The molecule has 1 atom stereocenters. The molecule has 28 heavy (non-hydrogen) atoms. The Kier molecular flexibility index (Phi) is 5.01. The van der Waals surface area contributed by atoms with Crippen LogP contribution in [0.15, 0.2) is 78.9 Å². The molecule has 1 amide bonds. The minimum atomic E-state index is -0.371. The van der Waals surface area contributed by atoms with Crippen LogP contribution in [0, 0.1) is 0 Å². The smallest absolute Gasteiger partial charge is 0.252 e. The quantitative estimate of drug-likeness (QED) is 0.561. The molecule has 0 saturated carbocycles. The van der Waals surface area contributed by atoms with E-state index in [0.717, 1.165) is 16.6 Å². The number of benzene rings is 3. The van der Waals surface area contributed by atoms with Gasteiger partial charge in [-0.3, -0.25) is 4.79 Å². The van der Waals surface area contributed by atoms with E-state index in [1.807, 2.05) is 54.6 Å². The summed E-state index contributed by atoms with van der Waals surface area (Å²) >= 11 is 0. The third-order valence-electron chi connectivity index (χ3n) is 4.59. The number of amides is 1. The van der Waals surface area contributed by atoms with Gasteiger partial charge in [-0.2, -0.15) is 0 Å². The number of carbonyl (C=O) groups is 1. The number of para-hydroxylation sites is 1. The van der Waals surface area contributed by atoms with E-state index in [1.165, 1.54) is 0 Å². The van der Waals surface area contributed by atoms with Crippen LogP contribution in [0.25, 0.3) is 11.0 Å². The van der Waals surface area contributed by atoms with E-state index in [4.69, 9.17) is 4.74 Å². The summed E-state index contributed by atoms with van der Waals surface area (Å²) in [7, 11) is 1.60. The van der Waals surface area contributed by atoms with Gasteiger partial charge < -0.3 is 10.1 Å². The standard InChI is InChI=1S/C22H20N4O2/c1-28-18-13-11-17(12-14-18)22(27)23-21(15-16-7-3-2-4-8-16)26-20-10-6-5-9-19(20)24-25-26/h2-14,21H,15H2,1H3,(H,23,27). The normalized spacial score (nSPS) is 11.9. The first kappa shape index (κ1) is 17.7. The van der Waals surface area contributed by atoms with Crippen LogP contribution in [-0.4, -0.2) is 28.0 Å². The monoisotopic (exact) mass is 372 g/mol. The van der Waals surface area contributed by atoms with E-state index < -0.39 is 0 Å². The molecular weight excluding hydrogens is 352 g/mol. The summed E-state index contributed by atoms with van der Waals surface area (Å²) in [5, 5.41) is 11.6. The second kappa shape index (κ2) is 7.92. The van der Waals surface area contributed by atoms with E-state index in [9.17, 15) is 4.79 Å². The van der Waals surface area contributed by atoms with Gasteiger partial charge in [0.25, 0.3) is 5.91 Å². The van der Waals surface area contributed by atoms with Crippen molar-refractivity contribution in [2.75, 3.05) is 7.11 Å². The van der Waals surface area contributed by atoms with Crippen molar-refractivity contribution < 1.29 is 9.53 Å². The van der Waals surface area contributed by atoms with Gasteiger partial charge in [-0.1, -0.05) is 47.7 Å². The Labute approximate surface area is 162 Å². The first-order valence-corrected chi connectivity index (χ1v) is 9.03. The molecule has 6 nitrogen and oxygen atoms in total. The number of ether oxygens (including phenoxy) is 1. The first-order valence-electron chi connectivity index (χ1n) is 9.03. The number of fused-ring (bicyclic) bond motifs is 1.